The zero-order chi connectivity index (χ0) is 13.3. The molecular formula is C13H15NO4. The maximum atomic E-state index is 11.8. The molecule has 1 aromatic carbocycles. The average Bonchev–Trinajstić information content (AvgIpc) is 2.26. The maximum absolute atomic E-state index is 11.8. The Hall–Kier alpha value is -1.88. The molecule has 1 unspecified atom stereocenters. The molecule has 0 fully saturated rings. The smallest absolute Gasteiger partial charge is 0.329 e. The van der Waals surface area contributed by atoms with Gasteiger partial charge in [0.25, 0.3) is 0 Å². The molecule has 0 saturated heterocycles. The molecule has 0 aromatic heterocycles. The molecular weight excluding hydrogens is 234 g/mol. The molecule has 5 nitrogen and oxygen atoms in total. The molecule has 18 heavy (non-hydrogen) atoms. The molecule has 0 bridgehead atoms. The van der Waals surface area contributed by atoms with E-state index in [9.17, 15) is 9.59 Å². The molecule has 2 rings (SSSR count). The van der Waals surface area contributed by atoms with Gasteiger partial charge in [0, 0.05) is 19.4 Å². The van der Waals surface area contributed by atoms with Gasteiger partial charge in [-0.25, -0.2) is 4.79 Å². The van der Waals surface area contributed by atoms with Gasteiger partial charge in [0.2, 0.25) is 0 Å². The predicted octanol–water partition coefficient (Wildman–Crippen LogP) is 1.00. The number of fused-ring (bicyclic) bond motifs is 1. The summed E-state index contributed by atoms with van der Waals surface area (Å²) in [6.45, 7) is 1.33. The summed E-state index contributed by atoms with van der Waals surface area (Å²) >= 11 is 0. The molecule has 0 aliphatic carbocycles. The Bertz CT molecular complexity index is 496. The van der Waals surface area contributed by atoms with E-state index in [1.807, 2.05) is 25.1 Å². The minimum absolute atomic E-state index is 0.267. The van der Waals surface area contributed by atoms with Crippen molar-refractivity contribution in [2.24, 2.45) is 0 Å². The predicted molar refractivity (Wildman–Crippen MR) is 64.6 cm³/mol. The van der Waals surface area contributed by atoms with Crippen LogP contribution in [0.3, 0.4) is 0 Å². The summed E-state index contributed by atoms with van der Waals surface area (Å²) in [5, 5.41) is 0. The Morgan fingerprint density at radius 2 is 2.17 bits per heavy atom. The minimum atomic E-state index is -0.400. The number of rotatable bonds is 2. The van der Waals surface area contributed by atoms with Crippen LogP contribution in [0, 0.1) is 0 Å². The van der Waals surface area contributed by atoms with Gasteiger partial charge in [0.15, 0.2) is 0 Å². The fraction of sp³-hybridized carbons (Fsp3) is 0.385. The number of hydrogen-bond acceptors (Lipinski definition) is 5. The summed E-state index contributed by atoms with van der Waals surface area (Å²) in [5.74, 6) is 0.171. The molecule has 0 spiro atoms. The summed E-state index contributed by atoms with van der Waals surface area (Å²) in [6.07, 6.45) is 0.599. The van der Waals surface area contributed by atoms with Crippen LogP contribution in [0.5, 0.6) is 11.5 Å². The van der Waals surface area contributed by atoms with Gasteiger partial charge in [-0.1, -0.05) is 6.07 Å². The van der Waals surface area contributed by atoms with Gasteiger partial charge in [-0.2, -0.15) is 0 Å². The zero-order valence-corrected chi connectivity index (χ0v) is 10.6. The molecule has 0 amide bonds. The molecule has 0 saturated carbocycles. The van der Waals surface area contributed by atoms with Crippen molar-refractivity contribution >= 4 is 11.9 Å². The summed E-state index contributed by atoms with van der Waals surface area (Å²) in [4.78, 5) is 24.4. The van der Waals surface area contributed by atoms with Crippen LogP contribution in [-0.4, -0.2) is 37.0 Å². The van der Waals surface area contributed by atoms with Crippen LogP contribution in [0.4, 0.5) is 0 Å². The SMILES string of the molecule is CC(=O)Oc1ccc2c(c1)OC(=O)C(N(C)C)C2. The largest absolute Gasteiger partial charge is 0.427 e. The number of hydrogen-bond donors (Lipinski definition) is 0. The lowest BCUT2D eigenvalue weighted by Gasteiger charge is -2.27. The van der Waals surface area contributed by atoms with Crippen LogP contribution in [0.15, 0.2) is 18.2 Å². The summed E-state index contributed by atoms with van der Waals surface area (Å²) in [6, 6.07) is 4.82. The number of likely N-dealkylation sites (N-methyl/N-ethyl adjacent to an activating group) is 1. The van der Waals surface area contributed by atoms with Crippen molar-refractivity contribution in [2.75, 3.05) is 14.1 Å². The molecule has 5 heteroatoms. The normalized spacial score (nSPS) is 18.2. The number of benzene rings is 1. The van der Waals surface area contributed by atoms with Crippen LogP contribution in [0.25, 0.3) is 0 Å². The Morgan fingerprint density at radius 1 is 1.44 bits per heavy atom. The van der Waals surface area contributed by atoms with Gasteiger partial charge < -0.3 is 9.47 Å². The van der Waals surface area contributed by atoms with Gasteiger partial charge in [-0.3, -0.25) is 9.69 Å². The van der Waals surface area contributed by atoms with Gasteiger partial charge in [-0.05, 0) is 25.7 Å². The summed E-state index contributed by atoms with van der Waals surface area (Å²) in [5.41, 5.74) is 0.934. The first-order chi connectivity index (χ1) is 8.47. The molecule has 1 heterocycles. The van der Waals surface area contributed by atoms with E-state index in [0.29, 0.717) is 17.9 Å². The van der Waals surface area contributed by atoms with E-state index in [2.05, 4.69) is 0 Å². The third-order valence-corrected chi connectivity index (χ3v) is 2.82. The highest BCUT2D eigenvalue weighted by atomic mass is 16.5. The van der Waals surface area contributed by atoms with Gasteiger partial charge in [-0.15, -0.1) is 0 Å². The average molecular weight is 249 g/mol. The second-order valence-electron chi connectivity index (χ2n) is 4.47. The molecule has 1 aliphatic heterocycles. The zero-order valence-electron chi connectivity index (χ0n) is 10.6. The first-order valence-corrected chi connectivity index (χ1v) is 5.67. The van der Waals surface area contributed by atoms with E-state index < -0.39 is 5.97 Å². The minimum Gasteiger partial charge on any atom is -0.427 e. The topological polar surface area (TPSA) is 55.8 Å². The maximum Gasteiger partial charge on any atom is 0.329 e. The van der Waals surface area contributed by atoms with Crippen LogP contribution >= 0.6 is 0 Å². The van der Waals surface area contributed by atoms with Crippen molar-refractivity contribution < 1.29 is 19.1 Å². The van der Waals surface area contributed by atoms with E-state index in [-0.39, 0.29) is 12.0 Å². The number of carbonyl (C=O) groups is 2. The molecule has 0 N–H and O–H groups in total. The third-order valence-electron chi connectivity index (χ3n) is 2.82. The van der Waals surface area contributed by atoms with Crippen LogP contribution < -0.4 is 9.47 Å². The van der Waals surface area contributed by atoms with Gasteiger partial charge in [0.05, 0.1) is 0 Å². The number of carbonyl (C=O) groups excluding carboxylic acids is 2. The third kappa shape index (κ3) is 2.51. The van der Waals surface area contributed by atoms with Crippen LogP contribution in [-0.2, 0) is 16.0 Å². The highest BCUT2D eigenvalue weighted by molar-refractivity contribution is 5.81. The lowest BCUT2D eigenvalue weighted by molar-refractivity contribution is -0.140. The van der Waals surface area contributed by atoms with Crippen molar-refractivity contribution in [2.45, 2.75) is 19.4 Å². The van der Waals surface area contributed by atoms with Crippen LogP contribution in [0.2, 0.25) is 0 Å². The van der Waals surface area contributed by atoms with E-state index in [0.717, 1.165) is 5.56 Å². The van der Waals surface area contributed by atoms with Crippen molar-refractivity contribution in [1.29, 1.82) is 0 Å². The highest BCUT2D eigenvalue weighted by Crippen LogP contribution is 2.30. The number of nitrogens with zero attached hydrogens (tertiary/aromatic N) is 1. The molecule has 0 radical (unpaired) electrons. The second kappa shape index (κ2) is 4.78. The molecule has 1 aromatic rings. The summed E-state index contributed by atoms with van der Waals surface area (Å²) in [7, 11) is 3.67. The monoisotopic (exact) mass is 249 g/mol. The Balaban J connectivity index is 2.26. The van der Waals surface area contributed by atoms with E-state index in [4.69, 9.17) is 9.47 Å². The lowest BCUT2D eigenvalue weighted by Crippen LogP contribution is -2.43. The van der Waals surface area contributed by atoms with Crippen LogP contribution in [0.1, 0.15) is 12.5 Å². The Labute approximate surface area is 105 Å². The standard InChI is InChI=1S/C13H15NO4/c1-8(15)17-10-5-4-9-6-11(14(2)3)13(16)18-12(9)7-10/h4-5,7,11H,6H2,1-3H3. The van der Waals surface area contributed by atoms with E-state index in [1.165, 1.54) is 6.92 Å². The Kier molecular flexibility index (Phi) is 3.34. The first kappa shape index (κ1) is 12.6. The fourth-order valence-corrected chi connectivity index (χ4v) is 1.89. The lowest BCUT2D eigenvalue weighted by atomic mass is 10.0. The molecule has 1 aliphatic rings. The first-order valence-electron chi connectivity index (χ1n) is 5.67. The van der Waals surface area contributed by atoms with Gasteiger partial charge in [0.1, 0.15) is 17.5 Å². The van der Waals surface area contributed by atoms with Crippen molar-refractivity contribution in [3.05, 3.63) is 23.8 Å². The van der Waals surface area contributed by atoms with E-state index in [1.54, 1.807) is 12.1 Å². The second-order valence-corrected chi connectivity index (χ2v) is 4.47. The summed E-state index contributed by atoms with van der Waals surface area (Å²) < 4.78 is 10.2. The van der Waals surface area contributed by atoms with Crippen molar-refractivity contribution in [3.63, 3.8) is 0 Å². The van der Waals surface area contributed by atoms with Crippen molar-refractivity contribution in [1.82, 2.24) is 4.90 Å². The fourth-order valence-electron chi connectivity index (χ4n) is 1.89. The molecule has 96 valence electrons. The van der Waals surface area contributed by atoms with E-state index >= 15 is 0 Å². The van der Waals surface area contributed by atoms with Gasteiger partial charge >= 0.3 is 11.9 Å². The Morgan fingerprint density at radius 3 is 2.78 bits per heavy atom. The highest BCUT2D eigenvalue weighted by Gasteiger charge is 2.30. The number of ether oxygens (including phenoxy) is 2. The number of esters is 2. The molecule has 1 atom stereocenters. The quantitative estimate of drug-likeness (QED) is 0.578. The van der Waals surface area contributed by atoms with Crippen molar-refractivity contribution in [3.8, 4) is 11.5 Å².